The van der Waals surface area contributed by atoms with Crippen LogP contribution in [0, 0.1) is 6.92 Å². The van der Waals surface area contributed by atoms with Crippen molar-refractivity contribution in [2.24, 2.45) is 0 Å². The van der Waals surface area contributed by atoms with E-state index in [0.717, 1.165) is 60.8 Å². The number of nitrogens with zero attached hydrogens (tertiary/aromatic N) is 3. The molecule has 0 unspecified atom stereocenters. The van der Waals surface area contributed by atoms with Gasteiger partial charge in [0.05, 0.1) is 0 Å². The number of fused-ring (bicyclic) bond motifs is 1. The van der Waals surface area contributed by atoms with Gasteiger partial charge in [-0.3, -0.25) is 9.59 Å². The first-order valence-electron chi connectivity index (χ1n) is 11.0. The number of benzene rings is 1. The van der Waals surface area contributed by atoms with Crippen molar-refractivity contribution in [3.63, 3.8) is 0 Å². The SMILES string of the molecule is CCCCN1C(=O)C(=Cc2c(C)n(CCC)c3ccccc23)C(=O)N1CCCC. The van der Waals surface area contributed by atoms with Gasteiger partial charge in [-0.1, -0.05) is 51.8 Å². The van der Waals surface area contributed by atoms with Crippen LogP contribution in [0.2, 0.25) is 0 Å². The highest BCUT2D eigenvalue weighted by molar-refractivity contribution is 6.26. The summed E-state index contributed by atoms with van der Waals surface area (Å²) >= 11 is 0. The number of hydrogen-bond donors (Lipinski definition) is 0. The van der Waals surface area contributed by atoms with Crippen LogP contribution in [0.5, 0.6) is 0 Å². The normalized spacial score (nSPS) is 14.6. The molecular weight excluding hydrogens is 362 g/mol. The van der Waals surface area contributed by atoms with Gasteiger partial charge in [0.15, 0.2) is 0 Å². The van der Waals surface area contributed by atoms with Crippen LogP contribution in [0.4, 0.5) is 0 Å². The molecule has 2 aromatic rings. The first-order valence-corrected chi connectivity index (χ1v) is 11.0. The fourth-order valence-corrected chi connectivity index (χ4v) is 4.07. The van der Waals surface area contributed by atoms with Gasteiger partial charge < -0.3 is 4.57 Å². The van der Waals surface area contributed by atoms with Crippen molar-refractivity contribution in [2.75, 3.05) is 13.1 Å². The average molecular weight is 396 g/mol. The fourth-order valence-electron chi connectivity index (χ4n) is 4.07. The quantitative estimate of drug-likeness (QED) is 0.446. The third-order valence-electron chi connectivity index (χ3n) is 5.68. The minimum absolute atomic E-state index is 0.161. The third-order valence-corrected chi connectivity index (χ3v) is 5.68. The number of amides is 2. The lowest BCUT2D eigenvalue weighted by atomic mass is 10.1. The number of aromatic nitrogens is 1. The Bertz CT molecular complexity index is 898. The van der Waals surface area contributed by atoms with Gasteiger partial charge in [-0.15, -0.1) is 0 Å². The Kier molecular flexibility index (Phi) is 6.78. The molecule has 1 saturated heterocycles. The second-order valence-corrected chi connectivity index (χ2v) is 7.79. The molecule has 156 valence electrons. The molecule has 2 amide bonds. The Morgan fingerprint density at radius 3 is 1.97 bits per heavy atom. The highest BCUT2D eigenvalue weighted by Crippen LogP contribution is 2.31. The van der Waals surface area contributed by atoms with E-state index < -0.39 is 0 Å². The molecule has 2 heterocycles. The highest BCUT2D eigenvalue weighted by Gasteiger charge is 2.40. The van der Waals surface area contributed by atoms with Gasteiger partial charge in [0, 0.05) is 41.8 Å². The lowest BCUT2D eigenvalue weighted by Gasteiger charge is -2.27. The van der Waals surface area contributed by atoms with Crippen LogP contribution in [0.15, 0.2) is 29.8 Å². The number of para-hydroxylation sites is 1. The van der Waals surface area contributed by atoms with Crippen LogP contribution < -0.4 is 0 Å². The molecule has 29 heavy (non-hydrogen) atoms. The molecule has 0 N–H and O–H groups in total. The minimum Gasteiger partial charge on any atom is -0.344 e. The van der Waals surface area contributed by atoms with E-state index in [2.05, 4.69) is 44.4 Å². The lowest BCUT2D eigenvalue weighted by Crippen LogP contribution is -2.42. The van der Waals surface area contributed by atoms with Gasteiger partial charge >= 0.3 is 0 Å². The number of hydrazine groups is 1. The minimum atomic E-state index is -0.161. The topological polar surface area (TPSA) is 45.6 Å². The molecule has 0 radical (unpaired) electrons. The summed E-state index contributed by atoms with van der Waals surface area (Å²) in [6, 6.07) is 8.24. The van der Waals surface area contributed by atoms with Gasteiger partial charge in [-0.25, -0.2) is 10.0 Å². The van der Waals surface area contributed by atoms with Crippen LogP contribution in [0.25, 0.3) is 17.0 Å². The summed E-state index contributed by atoms with van der Waals surface area (Å²) in [5.41, 5.74) is 3.54. The summed E-state index contributed by atoms with van der Waals surface area (Å²) in [5, 5.41) is 4.42. The second kappa shape index (κ2) is 9.29. The Hall–Kier alpha value is -2.56. The molecular formula is C24H33N3O2. The van der Waals surface area contributed by atoms with Gasteiger partial charge in [0.25, 0.3) is 11.8 Å². The van der Waals surface area contributed by atoms with Crippen molar-refractivity contribution < 1.29 is 9.59 Å². The van der Waals surface area contributed by atoms with Gasteiger partial charge in [-0.05, 0) is 38.3 Å². The van der Waals surface area contributed by atoms with Crippen LogP contribution in [-0.2, 0) is 16.1 Å². The van der Waals surface area contributed by atoms with Crippen LogP contribution in [0.3, 0.4) is 0 Å². The van der Waals surface area contributed by atoms with Crippen molar-refractivity contribution in [3.05, 3.63) is 41.1 Å². The number of carbonyl (C=O) groups excluding carboxylic acids is 2. The van der Waals surface area contributed by atoms with E-state index in [0.29, 0.717) is 18.7 Å². The second-order valence-electron chi connectivity index (χ2n) is 7.79. The van der Waals surface area contributed by atoms with E-state index in [1.165, 1.54) is 0 Å². The molecule has 0 atom stereocenters. The summed E-state index contributed by atoms with van der Waals surface area (Å²) in [7, 11) is 0. The summed E-state index contributed by atoms with van der Waals surface area (Å²) in [6.07, 6.45) is 6.63. The zero-order valence-corrected chi connectivity index (χ0v) is 18.2. The largest absolute Gasteiger partial charge is 0.344 e. The maximum absolute atomic E-state index is 13.2. The predicted octanol–water partition coefficient (Wildman–Crippen LogP) is 4.93. The maximum atomic E-state index is 13.2. The first-order chi connectivity index (χ1) is 14.0. The predicted molar refractivity (Wildman–Crippen MR) is 118 cm³/mol. The molecule has 0 bridgehead atoms. The monoisotopic (exact) mass is 395 g/mol. The van der Waals surface area contributed by atoms with E-state index in [-0.39, 0.29) is 11.8 Å². The molecule has 0 saturated carbocycles. The van der Waals surface area contributed by atoms with Crippen molar-refractivity contribution in [2.45, 2.75) is 66.3 Å². The average Bonchev–Trinajstić information content (AvgIpc) is 3.11. The maximum Gasteiger partial charge on any atom is 0.278 e. The van der Waals surface area contributed by atoms with E-state index >= 15 is 0 Å². The molecule has 5 heteroatoms. The van der Waals surface area contributed by atoms with Gasteiger partial charge in [0.1, 0.15) is 5.57 Å². The summed E-state index contributed by atoms with van der Waals surface area (Å²) in [6.45, 7) is 10.5. The summed E-state index contributed by atoms with van der Waals surface area (Å²) < 4.78 is 2.29. The molecule has 1 aliphatic heterocycles. The van der Waals surface area contributed by atoms with Crippen molar-refractivity contribution in [1.29, 1.82) is 0 Å². The van der Waals surface area contributed by atoms with Crippen LogP contribution in [-0.4, -0.2) is 39.5 Å². The Morgan fingerprint density at radius 2 is 1.41 bits per heavy atom. The Labute approximate surface area is 173 Å². The first kappa shape index (κ1) is 21.2. The van der Waals surface area contributed by atoms with Crippen molar-refractivity contribution >= 4 is 28.8 Å². The zero-order chi connectivity index (χ0) is 21.0. The van der Waals surface area contributed by atoms with E-state index in [1.807, 2.05) is 18.2 Å². The smallest absolute Gasteiger partial charge is 0.278 e. The van der Waals surface area contributed by atoms with Crippen molar-refractivity contribution in [3.8, 4) is 0 Å². The van der Waals surface area contributed by atoms with Gasteiger partial charge in [-0.2, -0.15) is 0 Å². The molecule has 1 aliphatic rings. The van der Waals surface area contributed by atoms with Crippen LogP contribution in [0.1, 0.15) is 64.1 Å². The number of unbranched alkanes of at least 4 members (excludes halogenated alkanes) is 2. The molecule has 0 aliphatic carbocycles. The van der Waals surface area contributed by atoms with E-state index in [1.54, 1.807) is 10.0 Å². The lowest BCUT2D eigenvalue weighted by molar-refractivity contribution is -0.147. The van der Waals surface area contributed by atoms with E-state index in [4.69, 9.17) is 0 Å². The number of aryl methyl sites for hydroxylation is 1. The number of carbonyl (C=O) groups is 2. The standard InChI is InChI=1S/C24H33N3O2/c1-5-8-15-26-23(28)21(24(29)27(26)16-9-6-2)17-20-18(4)25(14-7-3)22-13-11-10-12-19(20)22/h10-13,17H,5-9,14-16H2,1-4H3. The number of hydrogen-bond acceptors (Lipinski definition) is 2. The summed E-state index contributed by atoms with van der Waals surface area (Å²) in [4.78, 5) is 26.3. The van der Waals surface area contributed by atoms with Gasteiger partial charge in [0.2, 0.25) is 0 Å². The molecule has 1 aromatic heterocycles. The molecule has 5 nitrogen and oxygen atoms in total. The fraction of sp³-hybridized carbons (Fsp3) is 0.500. The van der Waals surface area contributed by atoms with E-state index in [9.17, 15) is 9.59 Å². The third kappa shape index (κ3) is 3.96. The van der Waals surface area contributed by atoms with Crippen molar-refractivity contribution in [1.82, 2.24) is 14.6 Å². The Morgan fingerprint density at radius 1 is 0.828 bits per heavy atom. The Balaban J connectivity index is 2.06. The molecule has 1 aromatic carbocycles. The highest BCUT2D eigenvalue weighted by atomic mass is 16.2. The number of rotatable bonds is 9. The van der Waals surface area contributed by atoms with Crippen LogP contribution >= 0.6 is 0 Å². The molecule has 1 fully saturated rings. The summed E-state index contributed by atoms with van der Waals surface area (Å²) in [5.74, 6) is -0.322. The molecule has 3 rings (SSSR count). The zero-order valence-electron chi connectivity index (χ0n) is 18.2. The molecule has 0 spiro atoms.